The second-order valence-electron chi connectivity index (χ2n) is 9.35. The van der Waals surface area contributed by atoms with Crippen molar-refractivity contribution in [1.29, 1.82) is 0 Å². The smallest absolute Gasteiger partial charge is 0.224 e. The van der Waals surface area contributed by atoms with Crippen molar-refractivity contribution in [3.63, 3.8) is 0 Å². The molecule has 2 aromatic carbocycles. The fourth-order valence-electron chi connectivity index (χ4n) is 5.33. The minimum atomic E-state index is -0.000682. The molecule has 1 heterocycles. The molecule has 1 aliphatic carbocycles. The first kappa shape index (κ1) is 24.5. The van der Waals surface area contributed by atoms with E-state index in [2.05, 4.69) is 60.9 Å². The third-order valence-corrected chi connectivity index (χ3v) is 6.89. The molecule has 2 N–H and O–H groups in total. The number of carbonyl (C=O) groups is 2. The van der Waals surface area contributed by atoms with E-state index in [1.165, 1.54) is 5.56 Å². The van der Waals surface area contributed by atoms with Crippen molar-refractivity contribution in [2.45, 2.75) is 71.3 Å². The zero-order chi connectivity index (χ0) is 22.0. The summed E-state index contributed by atoms with van der Waals surface area (Å²) in [5.41, 5.74) is 6.40. The van der Waals surface area contributed by atoms with Crippen LogP contribution in [0.5, 0.6) is 0 Å². The molecule has 3 unspecified atom stereocenters. The van der Waals surface area contributed by atoms with Crippen molar-refractivity contribution < 1.29 is 9.59 Å². The van der Waals surface area contributed by atoms with Gasteiger partial charge in [-0.05, 0) is 60.8 Å². The number of halogens is 1. The van der Waals surface area contributed by atoms with E-state index in [9.17, 15) is 9.59 Å². The number of ketones is 1. The minimum absolute atomic E-state index is 0. The summed E-state index contributed by atoms with van der Waals surface area (Å²) in [5.74, 6) is 0.383. The third-order valence-electron chi connectivity index (χ3n) is 6.89. The highest BCUT2D eigenvalue weighted by Crippen LogP contribution is 2.42. The van der Waals surface area contributed by atoms with Gasteiger partial charge in [0.25, 0.3) is 0 Å². The maximum atomic E-state index is 13.6. The molecular weight excluding hydrogens is 420 g/mol. The van der Waals surface area contributed by atoms with Crippen LogP contribution in [0.2, 0.25) is 0 Å². The van der Waals surface area contributed by atoms with Gasteiger partial charge in [0.15, 0.2) is 5.78 Å². The molecule has 4 nitrogen and oxygen atoms in total. The molecule has 1 aliphatic heterocycles. The molecule has 0 fully saturated rings. The lowest BCUT2D eigenvalue weighted by Gasteiger charge is -2.33. The molecule has 0 spiro atoms. The number of anilines is 1. The highest BCUT2D eigenvalue weighted by Gasteiger charge is 2.35. The van der Waals surface area contributed by atoms with Gasteiger partial charge in [-0.1, -0.05) is 56.7 Å². The monoisotopic (exact) mass is 454 g/mol. The molecule has 1 amide bonds. The quantitative estimate of drug-likeness (QED) is 0.571. The zero-order valence-corrected chi connectivity index (χ0v) is 20.2. The van der Waals surface area contributed by atoms with E-state index in [1.807, 2.05) is 6.92 Å². The summed E-state index contributed by atoms with van der Waals surface area (Å²) in [5, 5.41) is 6.75. The summed E-state index contributed by atoms with van der Waals surface area (Å²) in [7, 11) is 0. The SMILES string of the molecule is CCCC(Cc1ccccc1)NCC1CCc2cc(C)c3c(c2C1=O)C(C)CC(=O)N3.Cl. The lowest BCUT2D eigenvalue weighted by atomic mass is 9.75. The van der Waals surface area contributed by atoms with Gasteiger partial charge in [0.2, 0.25) is 5.91 Å². The van der Waals surface area contributed by atoms with Crippen molar-refractivity contribution in [1.82, 2.24) is 5.32 Å². The van der Waals surface area contributed by atoms with Crippen molar-refractivity contribution in [2.75, 3.05) is 11.9 Å². The van der Waals surface area contributed by atoms with Crippen molar-refractivity contribution in [3.8, 4) is 0 Å². The first-order chi connectivity index (χ1) is 15.0. The van der Waals surface area contributed by atoms with Crippen LogP contribution in [0.25, 0.3) is 0 Å². The molecule has 0 aromatic heterocycles. The Bertz CT molecular complexity index is 973. The van der Waals surface area contributed by atoms with Crippen LogP contribution in [0.15, 0.2) is 36.4 Å². The Balaban J connectivity index is 0.00000289. The van der Waals surface area contributed by atoms with Gasteiger partial charge in [-0.15, -0.1) is 12.4 Å². The molecule has 5 heteroatoms. The Kier molecular flexibility index (Phi) is 8.13. The topological polar surface area (TPSA) is 58.2 Å². The van der Waals surface area contributed by atoms with Gasteiger partial charge in [0.05, 0.1) is 0 Å². The van der Waals surface area contributed by atoms with Gasteiger partial charge < -0.3 is 10.6 Å². The van der Waals surface area contributed by atoms with E-state index in [0.717, 1.165) is 66.6 Å². The predicted octanol–water partition coefficient (Wildman–Crippen LogP) is 5.61. The van der Waals surface area contributed by atoms with E-state index in [0.29, 0.717) is 12.5 Å². The van der Waals surface area contributed by atoms with E-state index in [1.54, 1.807) is 0 Å². The largest absolute Gasteiger partial charge is 0.326 e. The van der Waals surface area contributed by atoms with Crippen LogP contribution in [0.1, 0.15) is 78.1 Å². The number of amides is 1. The lowest BCUT2D eigenvalue weighted by molar-refractivity contribution is -0.116. The number of hydrogen-bond donors (Lipinski definition) is 2. The first-order valence-electron chi connectivity index (χ1n) is 11.8. The van der Waals surface area contributed by atoms with Gasteiger partial charge in [-0.2, -0.15) is 0 Å². The van der Waals surface area contributed by atoms with Crippen molar-refractivity contribution in [2.24, 2.45) is 5.92 Å². The Labute approximate surface area is 198 Å². The van der Waals surface area contributed by atoms with Gasteiger partial charge in [-0.25, -0.2) is 0 Å². The summed E-state index contributed by atoms with van der Waals surface area (Å²) in [6.07, 6.45) is 5.49. The standard InChI is InChI=1S/C27H34N2O2.ClH/c1-4-8-22(15-19-9-6-5-7-10-19)28-16-21-12-11-20-13-18(3)26-24(25(20)27(21)31)17(2)14-23(30)29-26;/h5-7,9-10,13,17,21-22,28H,4,8,11-12,14-16H2,1-3H3,(H,29,30);1H. The average molecular weight is 455 g/mol. The fraction of sp³-hybridized carbons (Fsp3) is 0.481. The Morgan fingerprint density at radius 2 is 1.94 bits per heavy atom. The van der Waals surface area contributed by atoms with E-state index in [4.69, 9.17) is 0 Å². The van der Waals surface area contributed by atoms with Gasteiger partial charge >= 0.3 is 0 Å². The van der Waals surface area contributed by atoms with E-state index < -0.39 is 0 Å². The first-order valence-corrected chi connectivity index (χ1v) is 11.8. The number of carbonyl (C=O) groups excluding carboxylic acids is 2. The number of rotatable bonds is 7. The zero-order valence-electron chi connectivity index (χ0n) is 19.4. The van der Waals surface area contributed by atoms with Crippen LogP contribution >= 0.6 is 12.4 Å². The minimum Gasteiger partial charge on any atom is -0.326 e. The van der Waals surface area contributed by atoms with Crippen LogP contribution in [-0.4, -0.2) is 24.3 Å². The molecule has 3 atom stereocenters. The number of fused-ring (bicyclic) bond motifs is 3. The second-order valence-corrected chi connectivity index (χ2v) is 9.35. The lowest BCUT2D eigenvalue weighted by Crippen LogP contribution is -2.39. The highest BCUT2D eigenvalue weighted by molar-refractivity contribution is 6.06. The number of hydrogen-bond acceptors (Lipinski definition) is 3. The van der Waals surface area contributed by atoms with E-state index >= 15 is 0 Å². The summed E-state index contributed by atoms with van der Waals surface area (Å²) < 4.78 is 0. The molecule has 0 saturated heterocycles. The second kappa shape index (κ2) is 10.6. The fourth-order valence-corrected chi connectivity index (χ4v) is 5.33. The predicted molar refractivity (Wildman–Crippen MR) is 133 cm³/mol. The molecule has 0 bridgehead atoms. The maximum Gasteiger partial charge on any atom is 0.224 e. The Morgan fingerprint density at radius 3 is 2.66 bits per heavy atom. The van der Waals surface area contributed by atoms with Crippen molar-refractivity contribution >= 4 is 29.8 Å². The summed E-state index contributed by atoms with van der Waals surface area (Å²) in [6.45, 7) is 7.04. The maximum absolute atomic E-state index is 13.6. The normalized spacial score (nSPS) is 20.6. The van der Waals surface area contributed by atoms with Crippen LogP contribution in [0, 0.1) is 12.8 Å². The summed E-state index contributed by atoms with van der Waals surface area (Å²) >= 11 is 0. The molecule has 4 rings (SSSR count). The number of aryl methyl sites for hydroxylation is 2. The van der Waals surface area contributed by atoms with Crippen molar-refractivity contribution in [3.05, 3.63) is 64.2 Å². The molecular formula is C27H35ClN2O2. The molecule has 32 heavy (non-hydrogen) atoms. The summed E-state index contributed by atoms with van der Waals surface area (Å²) in [4.78, 5) is 25.7. The van der Waals surface area contributed by atoms with Gasteiger partial charge in [0.1, 0.15) is 0 Å². The molecule has 0 radical (unpaired) electrons. The molecule has 2 aromatic rings. The van der Waals surface area contributed by atoms with Crippen LogP contribution in [0.4, 0.5) is 5.69 Å². The van der Waals surface area contributed by atoms with Gasteiger partial charge in [0, 0.05) is 36.2 Å². The Morgan fingerprint density at radius 1 is 1.19 bits per heavy atom. The van der Waals surface area contributed by atoms with Crippen LogP contribution in [-0.2, 0) is 17.6 Å². The highest BCUT2D eigenvalue weighted by atomic mass is 35.5. The molecule has 0 saturated carbocycles. The van der Waals surface area contributed by atoms with Crippen LogP contribution in [0.3, 0.4) is 0 Å². The number of nitrogens with one attached hydrogen (secondary N) is 2. The van der Waals surface area contributed by atoms with Crippen LogP contribution < -0.4 is 10.6 Å². The van der Waals surface area contributed by atoms with Gasteiger partial charge in [-0.3, -0.25) is 9.59 Å². The Hall–Kier alpha value is -2.17. The summed E-state index contributed by atoms with van der Waals surface area (Å²) in [6, 6.07) is 13.1. The molecule has 172 valence electrons. The third kappa shape index (κ3) is 5.07. The number of benzene rings is 2. The average Bonchev–Trinajstić information content (AvgIpc) is 2.74. The van der Waals surface area contributed by atoms with E-state index in [-0.39, 0.29) is 35.9 Å². The number of Topliss-reactive ketones (excluding diaryl/α,β-unsaturated/α-hetero) is 1. The molecule has 2 aliphatic rings.